The van der Waals surface area contributed by atoms with Gasteiger partial charge in [-0.15, -0.1) is 0 Å². The van der Waals surface area contributed by atoms with Gasteiger partial charge in [0, 0.05) is 12.1 Å². The topological polar surface area (TPSA) is 58.6 Å². The Kier molecular flexibility index (Phi) is 4.97. The summed E-state index contributed by atoms with van der Waals surface area (Å²) in [7, 11) is 0. The monoisotopic (exact) mass is 237 g/mol. The molecule has 0 saturated heterocycles. The van der Waals surface area contributed by atoms with Gasteiger partial charge in [0.05, 0.1) is 5.56 Å². The van der Waals surface area contributed by atoms with Crippen molar-refractivity contribution in [1.82, 2.24) is 5.32 Å². The molecule has 0 aliphatic rings. The van der Waals surface area contributed by atoms with E-state index in [4.69, 9.17) is 9.84 Å². The molecule has 0 spiro atoms. The lowest BCUT2D eigenvalue weighted by atomic mass is 10.2. The van der Waals surface area contributed by atoms with Crippen LogP contribution in [0.4, 0.5) is 0 Å². The van der Waals surface area contributed by atoms with E-state index in [0.717, 1.165) is 0 Å². The van der Waals surface area contributed by atoms with E-state index in [9.17, 15) is 4.79 Å². The number of ether oxygens (including phenoxy) is 1. The molecule has 1 aromatic rings. The van der Waals surface area contributed by atoms with E-state index < -0.39 is 5.97 Å². The molecule has 0 fully saturated rings. The number of hydrogen-bond acceptors (Lipinski definition) is 3. The van der Waals surface area contributed by atoms with Crippen LogP contribution in [0, 0.1) is 0 Å². The van der Waals surface area contributed by atoms with Gasteiger partial charge in [0.1, 0.15) is 12.4 Å². The molecule has 4 nitrogen and oxygen atoms in total. The Morgan fingerprint density at radius 1 is 1.29 bits per heavy atom. The molecule has 1 atom stereocenters. The molecule has 17 heavy (non-hydrogen) atoms. The zero-order valence-electron chi connectivity index (χ0n) is 10.4. The maximum Gasteiger partial charge on any atom is 0.335 e. The van der Waals surface area contributed by atoms with E-state index >= 15 is 0 Å². The number of carboxylic acid groups (broad SMARTS) is 1. The van der Waals surface area contributed by atoms with Crippen molar-refractivity contribution in [3.8, 4) is 5.75 Å². The zero-order valence-corrected chi connectivity index (χ0v) is 10.4. The minimum absolute atomic E-state index is 0.258. The summed E-state index contributed by atoms with van der Waals surface area (Å²) < 4.78 is 5.55. The average Bonchev–Trinajstić information content (AvgIpc) is 2.26. The second kappa shape index (κ2) is 6.25. The van der Waals surface area contributed by atoms with Crippen LogP contribution >= 0.6 is 0 Å². The fraction of sp³-hybridized carbons (Fsp3) is 0.462. The molecule has 1 aromatic carbocycles. The summed E-state index contributed by atoms with van der Waals surface area (Å²) in [6, 6.07) is 7.10. The van der Waals surface area contributed by atoms with E-state index in [1.54, 1.807) is 12.1 Å². The van der Waals surface area contributed by atoms with E-state index in [1.807, 2.05) is 6.92 Å². The van der Waals surface area contributed by atoms with Gasteiger partial charge in [0.2, 0.25) is 0 Å². The standard InChI is InChI=1S/C13H19NO3/c1-9(2)14-10(3)8-17-12-6-4-11(5-7-12)13(15)16/h4-7,9-10,14H,8H2,1-3H3,(H,15,16). The lowest BCUT2D eigenvalue weighted by Crippen LogP contribution is -2.36. The first-order chi connectivity index (χ1) is 7.99. The Balaban J connectivity index is 2.44. The SMILES string of the molecule is CC(C)NC(C)COc1ccc(C(=O)O)cc1. The van der Waals surface area contributed by atoms with Crippen molar-refractivity contribution < 1.29 is 14.6 Å². The maximum absolute atomic E-state index is 10.6. The minimum atomic E-state index is -0.925. The molecule has 0 radical (unpaired) electrons. The number of hydrogen-bond donors (Lipinski definition) is 2. The molecule has 0 amide bonds. The third kappa shape index (κ3) is 4.87. The van der Waals surface area contributed by atoms with Gasteiger partial charge < -0.3 is 15.2 Å². The highest BCUT2D eigenvalue weighted by Crippen LogP contribution is 2.12. The van der Waals surface area contributed by atoms with Gasteiger partial charge in [-0.2, -0.15) is 0 Å². The van der Waals surface area contributed by atoms with Crippen LogP contribution in [0.15, 0.2) is 24.3 Å². The number of rotatable bonds is 6. The number of nitrogens with one attached hydrogen (secondary N) is 1. The molecule has 2 N–H and O–H groups in total. The van der Waals surface area contributed by atoms with Crippen molar-refractivity contribution in [2.75, 3.05) is 6.61 Å². The molecule has 1 rings (SSSR count). The molecule has 0 aliphatic carbocycles. The molecule has 0 aliphatic heterocycles. The van der Waals surface area contributed by atoms with Crippen LogP contribution in [0.1, 0.15) is 31.1 Å². The Bertz CT molecular complexity index is 359. The van der Waals surface area contributed by atoms with E-state index in [2.05, 4.69) is 19.2 Å². The van der Waals surface area contributed by atoms with Crippen molar-refractivity contribution in [1.29, 1.82) is 0 Å². The molecule has 1 unspecified atom stereocenters. The van der Waals surface area contributed by atoms with Gasteiger partial charge in [-0.3, -0.25) is 0 Å². The van der Waals surface area contributed by atoms with Crippen LogP contribution < -0.4 is 10.1 Å². The molecular weight excluding hydrogens is 218 g/mol. The highest BCUT2D eigenvalue weighted by Gasteiger charge is 2.05. The van der Waals surface area contributed by atoms with Crippen molar-refractivity contribution >= 4 is 5.97 Å². The fourth-order valence-electron chi connectivity index (χ4n) is 1.53. The lowest BCUT2D eigenvalue weighted by Gasteiger charge is -2.17. The maximum atomic E-state index is 10.6. The highest BCUT2D eigenvalue weighted by atomic mass is 16.5. The second-order valence-electron chi connectivity index (χ2n) is 4.36. The van der Waals surface area contributed by atoms with E-state index in [1.165, 1.54) is 12.1 Å². The number of carbonyl (C=O) groups is 1. The molecular formula is C13H19NO3. The fourth-order valence-corrected chi connectivity index (χ4v) is 1.53. The van der Waals surface area contributed by atoms with Crippen LogP contribution in [-0.4, -0.2) is 29.8 Å². The molecule has 4 heteroatoms. The van der Waals surface area contributed by atoms with Crippen LogP contribution in [0.3, 0.4) is 0 Å². The van der Waals surface area contributed by atoms with E-state index in [0.29, 0.717) is 18.4 Å². The summed E-state index contributed by atoms with van der Waals surface area (Å²) in [5, 5.41) is 12.1. The van der Waals surface area contributed by atoms with Crippen LogP contribution in [0.5, 0.6) is 5.75 Å². The van der Waals surface area contributed by atoms with Gasteiger partial charge >= 0.3 is 5.97 Å². The summed E-state index contributed by atoms with van der Waals surface area (Å²) in [6.07, 6.45) is 0. The Hall–Kier alpha value is -1.55. The quantitative estimate of drug-likeness (QED) is 0.796. The van der Waals surface area contributed by atoms with Crippen LogP contribution in [-0.2, 0) is 0 Å². The Morgan fingerprint density at radius 3 is 2.35 bits per heavy atom. The molecule has 0 saturated carbocycles. The third-order valence-corrected chi connectivity index (χ3v) is 2.22. The molecule has 94 valence electrons. The van der Waals surface area contributed by atoms with Gasteiger partial charge in [-0.05, 0) is 31.2 Å². The molecule has 0 bridgehead atoms. The van der Waals surface area contributed by atoms with Crippen molar-refractivity contribution in [3.05, 3.63) is 29.8 Å². The van der Waals surface area contributed by atoms with Crippen molar-refractivity contribution in [2.24, 2.45) is 0 Å². The first-order valence-electron chi connectivity index (χ1n) is 5.71. The summed E-state index contributed by atoms with van der Waals surface area (Å²) >= 11 is 0. The predicted molar refractivity (Wildman–Crippen MR) is 66.6 cm³/mol. The normalized spacial score (nSPS) is 12.5. The zero-order chi connectivity index (χ0) is 12.8. The first kappa shape index (κ1) is 13.5. The minimum Gasteiger partial charge on any atom is -0.492 e. The van der Waals surface area contributed by atoms with Crippen molar-refractivity contribution in [2.45, 2.75) is 32.9 Å². The Morgan fingerprint density at radius 2 is 1.88 bits per heavy atom. The van der Waals surface area contributed by atoms with Gasteiger partial charge in [-0.25, -0.2) is 4.79 Å². The summed E-state index contributed by atoms with van der Waals surface area (Å²) in [6.45, 7) is 6.77. The number of aromatic carboxylic acids is 1. The largest absolute Gasteiger partial charge is 0.492 e. The summed E-state index contributed by atoms with van der Waals surface area (Å²) in [5.74, 6) is -0.237. The highest BCUT2D eigenvalue weighted by molar-refractivity contribution is 5.87. The average molecular weight is 237 g/mol. The first-order valence-corrected chi connectivity index (χ1v) is 5.71. The van der Waals surface area contributed by atoms with Gasteiger partial charge in [0.25, 0.3) is 0 Å². The summed E-state index contributed by atoms with van der Waals surface area (Å²) in [4.78, 5) is 10.6. The summed E-state index contributed by atoms with van der Waals surface area (Å²) in [5.41, 5.74) is 0.269. The Labute approximate surface area is 102 Å². The van der Waals surface area contributed by atoms with Crippen molar-refractivity contribution in [3.63, 3.8) is 0 Å². The lowest BCUT2D eigenvalue weighted by molar-refractivity contribution is 0.0697. The smallest absolute Gasteiger partial charge is 0.335 e. The number of benzene rings is 1. The predicted octanol–water partition coefficient (Wildman–Crippen LogP) is 2.15. The van der Waals surface area contributed by atoms with Crippen LogP contribution in [0.2, 0.25) is 0 Å². The molecule has 0 heterocycles. The van der Waals surface area contributed by atoms with E-state index in [-0.39, 0.29) is 11.6 Å². The number of carboxylic acids is 1. The van der Waals surface area contributed by atoms with Gasteiger partial charge in [0.15, 0.2) is 0 Å². The van der Waals surface area contributed by atoms with Gasteiger partial charge in [-0.1, -0.05) is 13.8 Å². The molecule has 0 aromatic heterocycles. The van der Waals surface area contributed by atoms with Crippen LogP contribution in [0.25, 0.3) is 0 Å². The second-order valence-corrected chi connectivity index (χ2v) is 4.36. The third-order valence-electron chi connectivity index (χ3n) is 2.22.